The maximum Gasteiger partial charge on any atom is 0.0912 e. The average molecular weight is 278 g/mol. The highest BCUT2D eigenvalue weighted by molar-refractivity contribution is 5.70. The van der Waals surface area contributed by atoms with Gasteiger partial charge in [-0.25, -0.2) is 0 Å². The maximum absolute atomic E-state index is 5.92. The Balaban J connectivity index is 1.67. The van der Waals surface area contributed by atoms with Gasteiger partial charge >= 0.3 is 0 Å². The van der Waals surface area contributed by atoms with Crippen molar-refractivity contribution in [3.8, 4) is 0 Å². The summed E-state index contributed by atoms with van der Waals surface area (Å²) in [4.78, 5) is 2.55. The van der Waals surface area contributed by atoms with Crippen LogP contribution in [-0.2, 0) is 0 Å². The summed E-state index contributed by atoms with van der Waals surface area (Å²) in [5, 5.41) is 3.38. The second-order valence-electron chi connectivity index (χ2n) is 6.35. The van der Waals surface area contributed by atoms with Crippen molar-refractivity contribution >= 4 is 17.1 Å². The van der Waals surface area contributed by atoms with E-state index in [1.807, 2.05) is 12.1 Å². The first kappa shape index (κ1) is 14.9. The Morgan fingerprint density at radius 2 is 1.90 bits per heavy atom. The number of piperazine rings is 1. The van der Waals surface area contributed by atoms with Gasteiger partial charge in [-0.05, 0) is 24.6 Å². The highest BCUT2D eigenvalue weighted by Gasteiger charge is 2.23. The standard InChI is InChI=1S/C15H28N5/c1-20(2)10-8-19(9-11-20)7-3-6-18-15-5-4-13(16)12-14(15)17/h4-5,12,18H,3,6-11,16-17H2,1-2H3/q+1. The first-order valence-electron chi connectivity index (χ1n) is 7.39. The van der Waals surface area contributed by atoms with Crippen molar-refractivity contribution in [2.75, 3.05) is 70.1 Å². The number of nitrogens with zero attached hydrogens (tertiary/aromatic N) is 2. The summed E-state index contributed by atoms with van der Waals surface area (Å²) >= 11 is 0. The zero-order valence-electron chi connectivity index (χ0n) is 12.7. The van der Waals surface area contributed by atoms with Crippen molar-refractivity contribution in [1.29, 1.82) is 0 Å². The van der Waals surface area contributed by atoms with Gasteiger partial charge in [0.15, 0.2) is 0 Å². The van der Waals surface area contributed by atoms with Gasteiger partial charge in [0.05, 0.1) is 38.6 Å². The van der Waals surface area contributed by atoms with Crippen LogP contribution in [0.15, 0.2) is 18.2 Å². The van der Waals surface area contributed by atoms with E-state index in [2.05, 4.69) is 24.3 Å². The van der Waals surface area contributed by atoms with Crippen LogP contribution >= 0.6 is 0 Å². The molecule has 5 heteroatoms. The molecule has 0 bridgehead atoms. The molecule has 2 rings (SSSR count). The van der Waals surface area contributed by atoms with Crippen LogP contribution in [0.4, 0.5) is 17.1 Å². The summed E-state index contributed by atoms with van der Waals surface area (Å²) in [6.45, 7) is 7.01. The molecule has 1 aromatic carbocycles. The van der Waals surface area contributed by atoms with Crippen LogP contribution in [0.25, 0.3) is 0 Å². The van der Waals surface area contributed by atoms with Crippen molar-refractivity contribution in [3.63, 3.8) is 0 Å². The Morgan fingerprint density at radius 3 is 2.55 bits per heavy atom. The van der Waals surface area contributed by atoms with E-state index >= 15 is 0 Å². The molecule has 0 aliphatic carbocycles. The van der Waals surface area contributed by atoms with Crippen LogP contribution in [0.5, 0.6) is 0 Å². The lowest BCUT2D eigenvalue weighted by Crippen LogP contribution is -2.54. The molecule has 1 saturated heterocycles. The molecule has 1 heterocycles. The monoisotopic (exact) mass is 278 g/mol. The molecule has 0 atom stereocenters. The fourth-order valence-corrected chi connectivity index (χ4v) is 2.54. The second-order valence-corrected chi connectivity index (χ2v) is 6.35. The molecular formula is C15H28N5+. The molecule has 1 fully saturated rings. The molecule has 112 valence electrons. The van der Waals surface area contributed by atoms with Gasteiger partial charge in [0.2, 0.25) is 0 Å². The number of quaternary nitrogens is 1. The van der Waals surface area contributed by atoms with E-state index in [0.29, 0.717) is 5.69 Å². The van der Waals surface area contributed by atoms with Gasteiger partial charge in [-0.2, -0.15) is 0 Å². The Hall–Kier alpha value is -1.46. The van der Waals surface area contributed by atoms with Gasteiger partial charge in [0.25, 0.3) is 0 Å². The first-order valence-corrected chi connectivity index (χ1v) is 7.39. The summed E-state index contributed by atoms with van der Waals surface area (Å²) in [5.74, 6) is 0. The molecule has 0 unspecified atom stereocenters. The van der Waals surface area contributed by atoms with E-state index in [4.69, 9.17) is 11.5 Å². The van der Waals surface area contributed by atoms with E-state index in [0.717, 1.165) is 35.4 Å². The molecule has 1 aliphatic heterocycles. The fraction of sp³-hybridized carbons (Fsp3) is 0.600. The second kappa shape index (κ2) is 6.33. The molecule has 0 spiro atoms. The van der Waals surface area contributed by atoms with Crippen LogP contribution in [0.2, 0.25) is 0 Å². The SMILES string of the molecule is C[N+]1(C)CCN(CCCNc2ccc(N)cc2N)CC1. The molecule has 1 aliphatic rings. The van der Waals surface area contributed by atoms with Gasteiger partial charge in [-0.1, -0.05) is 0 Å². The summed E-state index contributed by atoms with van der Waals surface area (Å²) in [5.41, 5.74) is 14.0. The highest BCUT2D eigenvalue weighted by Crippen LogP contribution is 2.20. The highest BCUT2D eigenvalue weighted by atomic mass is 15.4. The number of nitrogen functional groups attached to an aromatic ring is 2. The van der Waals surface area contributed by atoms with Crippen molar-refractivity contribution < 1.29 is 4.48 Å². The maximum atomic E-state index is 5.92. The van der Waals surface area contributed by atoms with Gasteiger partial charge in [0, 0.05) is 31.9 Å². The number of anilines is 3. The zero-order chi connectivity index (χ0) is 14.6. The molecule has 20 heavy (non-hydrogen) atoms. The minimum Gasteiger partial charge on any atom is -0.399 e. The number of benzene rings is 1. The van der Waals surface area contributed by atoms with Gasteiger partial charge in [0.1, 0.15) is 0 Å². The van der Waals surface area contributed by atoms with Crippen molar-refractivity contribution in [2.45, 2.75) is 6.42 Å². The Labute approximate surface area is 122 Å². The van der Waals surface area contributed by atoms with Crippen LogP contribution in [0.3, 0.4) is 0 Å². The molecular weight excluding hydrogens is 250 g/mol. The molecule has 5 nitrogen and oxygen atoms in total. The van der Waals surface area contributed by atoms with Crippen LogP contribution in [0, 0.1) is 0 Å². The molecule has 1 aromatic rings. The van der Waals surface area contributed by atoms with Crippen molar-refractivity contribution in [3.05, 3.63) is 18.2 Å². The number of hydrogen-bond acceptors (Lipinski definition) is 4. The van der Waals surface area contributed by atoms with E-state index in [-0.39, 0.29) is 0 Å². The molecule has 0 aromatic heterocycles. The lowest BCUT2D eigenvalue weighted by atomic mass is 10.2. The first-order chi connectivity index (χ1) is 9.46. The zero-order valence-corrected chi connectivity index (χ0v) is 12.7. The van der Waals surface area contributed by atoms with Crippen molar-refractivity contribution in [2.24, 2.45) is 0 Å². The minimum atomic E-state index is 0.710. The number of nitrogens with one attached hydrogen (secondary N) is 1. The van der Waals surface area contributed by atoms with E-state index in [1.165, 1.54) is 26.2 Å². The predicted molar refractivity (Wildman–Crippen MR) is 86.7 cm³/mol. The van der Waals surface area contributed by atoms with Gasteiger partial charge in [-0.15, -0.1) is 0 Å². The van der Waals surface area contributed by atoms with Gasteiger partial charge in [-0.3, -0.25) is 4.90 Å². The fourth-order valence-electron chi connectivity index (χ4n) is 2.54. The topological polar surface area (TPSA) is 67.3 Å². The quantitative estimate of drug-likeness (QED) is 0.428. The Kier molecular flexibility index (Phi) is 4.73. The smallest absolute Gasteiger partial charge is 0.0912 e. The predicted octanol–water partition coefficient (Wildman–Crippen LogP) is 1.05. The number of rotatable bonds is 5. The Bertz CT molecular complexity index is 434. The largest absolute Gasteiger partial charge is 0.399 e. The van der Waals surface area contributed by atoms with Crippen LogP contribution < -0.4 is 16.8 Å². The number of likely N-dealkylation sites (N-methyl/N-ethyl adjacent to an activating group) is 1. The molecule has 0 amide bonds. The third-order valence-electron chi connectivity index (χ3n) is 4.09. The molecule has 5 N–H and O–H groups in total. The van der Waals surface area contributed by atoms with Crippen molar-refractivity contribution in [1.82, 2.24) is 4.90 Å². The van der Waals surface area contributed by atoms with E-state index in [1.54, 1.807) is 6.07 Å². The average Bonchev–Trinajstić information content (AvgIpc) is 2.38. The van der Waals surface area contributed by atoms with Gasteiger partial charge < -0.3 is 21.3 Å². The lowest BCUT2D eigenvalue weighted by Gasteiger charge is -2.39. The summed E-state index contributed by atoms with van der Waals surface area (Å²) in [6, 6.07) is 5.63. The molecule has 0 saturated carbocycles. The van der Waals surface area contributed by atoms with E-state index in [9.17, 15) is 0 Å². The normalized spacial score (nSPS) is 18.9. The lowest BCUT2D eigenvalue weighted by molar-refractivity contribution is -0.894. The third-order valence-corrected chi connectivity index (χ3v) is 4.09. The van der Waals surface area contributed by atoms with Crippen LogP contribution in [0.1, 0.15) is 6.42 Å². The van der Waals surface area contributed by atoms with E-state index < -0.39 is 0 Å². The minimum absolute atomic E-state index is 0.710. The summed E-state index contributed by atoms with van der Waals surface area (Å²) < 4.78 is 1.15. The summed E-state index contributed by atoms with van der Waals surface area (Å²) in [6.07, 6.45) is 1.14. The number of hydrogen-bond donors (Lipinski definition) is 3. The van der Waals surface area contributed by atoms with Crippen LogP contribution in [-0.4, -0.2) is 62.7 Å². The number of nitrogens with two attached hydrogens (primary N) is 2. The molecule has 0 radical (unpaired) electrons. The summed E-state index contributed by atoms with van der Waals surface area (Å²) in [7, 11) is 4.62. The third kappa shape index (κ3) is 4.28. The Morgan fingerprint density at radius 1 is 1.20 bits per heavy atom.